The molecular formula is C15H20N4O2. The lowest BCUT2D eigenvalue weighted by atomic mass is 10.0. The fourth-order valence-electron chi connectivity index (χ4n) is 2.33. The van der Waals surface area contributed by atoms with Crippen molar-refractivity contribution in [3.05, 3.63) is 41.2 Å². The number of carbonyl (C=O) groups is 1. The molecule has 2 rings (SSSR count). The summed E-state index contributed by atoms with van der Waals surface area (Å²) in [6.45, 7) is 4.57. The van der Waals surface area contributed by atoms with E-state index in [9.17, 15) is 4.79 Å². The van der Waals surface area contributed by atoms with Gasteiger partial charge in [0.15, 0.2) is 5.82 Å². The molecule has 1 N–H and O–H groups in total. The Morgan fingerprint density at radius 3 is 2.90 bits per heavy atom. The largest absolute Gasteiger partial charge is 0.481 e. The second-order valence-electron chi connectivity index (χ2n) is 5.32. The smallest absolute Gasteiger partial charge is 0.303 e. The minimum atomic E-state index is -0.782. The van der Waals surface area contributed by atoms with Crippen LogP contribution in [0, 0.1) is 12.8 Å². The molecular weight excluding hydrogens is 268 g/mol. The third kappa shape index (κ3) is 4.37. The summed E-state index contributed by atoms with van der Waals surface area (Å²) < 4.78 is 1.72. The summed E-state index contributed by atoms with van der Waals surface area (Å²) in [5, 5.41) is 20.7. The topological polar surface area (TPSA) is 80.9 Å². The van der Waals surface area contributed by atoms with E-state index in [0.29, 0.717) is 13.0 Å². The molecule has 0 saturated carbocycles. The van der Waals surface area contributed by atoms with Gasteiger partial charge in [0.05, 0.1) is 0 Å². The van der Waals surface area contributed by atoms with E-state index in [0.717, 1.165) is 17.8 Å². The lowest BCUT2D eigenvalue weighted by molar-refractivity contribution is -0.138. The summed E-state index contributed by atoms with van der Waals surface area (Å²) in [5.74, 6) is 0.0295. The average molecular weight is 288 g/mol. The molecule has 21 heavy (non-hydrogen) atoms. The van der Waals surface area contributed by atoms with Crippen LogP contribution in [-0.4, -0.2) is 31.3 Å². The Kier molecular flexibility index (Phi) is 5.03. The molecule has 6 nitrogen and oxygen atoms in total. The van der Waals surface area contributed by atoms with Crippen molar-refractivity contribution in [1.82, 2.24) is 20.2 Å². The first-order chi connectivity index (χ1) is 10.1. The van der Waals surface area contributed by atoms with Gasteiger partial charge in [-0.05, 0) is 28.8 Å². The molecule has 1 aromatic carbocycles. The average Bonchev–Trinajstić information content (AvgIpc) is 2.84. The minimum absolute atomic E-state index is 0.0438. The van der Waals surface area contributed by atoms with Gasteiger partial charge in [-0.15, -0.1) is 5.10 Å². The number of carboxylic acids is 1. The zero-order valence-corrected chi connectivity index (χ0v) is 12.4. The normalized spacial score (nSPS) is 12.3. The summed E-state index contributed by atoms with van der Waals surface area (Å²) in [6, 6.07) is 8.21. The highest BCUT2D eigenvalue weighted by atomic mass is 16.4. The fraction of sp³-hybridized carbons (Fsp3) is 0.467. The maximum absolute atomic E-state index is 10.8. The molecule has 0 saturated heterocycles. The monoisotopic (exact) mass is 288 g/mol. The highest BCUT2D eigenvalue weighted by molar-refractivity contribution is 5.66. The number of hydrogen-bond acceptors (Lipinski definition) is 4. The number of tetrazole rings is 1. The van der Waals surface area contributed by atoms with E-state index in [1.807, 2.05) is 32.0 Å². The van der Waals surface area contributed by atoms with Gasteiger partial charge in [0.25, 0.3) is 0 Å². The quantitative estimate of drug-likeness (QED) is 0.843. The second-order valence-corrected chi connectivity index (χ2v) is 5.32. The molecule has 0 fully saturated rings. The van der Waals surface area contributed by atoms with Gasteiger partial charge in [-0.2, -0.15) is 0 Å². The second kappa shape index (κ2) is 6.97. The highest BCUT2D eigenvalue weighted by Crippen LogP contribution is 2.14. The Morgan fingerprint density at radius 1 is 1.43 bits per heavy atom. The Bertz CT molecular complexity index is 609. The Hall–Kier alpha value is -2.24. The molecule has 0 aliphatic heterocycles. The zero-order chi connectivity index (χ0) is 15.2. The van der Waals surface area contributed by atoms with Gasteiger partial charge in [0.1, 0.15) is 0 Å². The van der Waals surface area contributed by atoms with Gasteiger partial charge in [-0.1, -0.05) is 43.2 Å². The van der Waals surface area contributed by atoms with Crippen molar-refractivity contribution >= 4 is 5.97 Å². The van der Waals surface area contributed by atoms with Crippen molar-refractivity contribution in [2.45, 2.75) is 39.7 Å². The van der Waals surface area contributed by atoms with E-state index < -0.39 is 5.97 Å². The molecule has 0 radical (unpaired) electrons. The van der Waals surface area contributed by atoms with Gasteiger partial charge in [0.2, 0.25) is 0 Å². The first-order valence-corrected chi connectivity index (χ1v) is 7.11. The number of benzene rings is 1. The third-order valence-electron chi connectivity index (χ3n) is 3.52. The van der Waals surface area contributed by atoms with Crippen LogP contribution >= 0.6 is 0 Å². The summed E-state index contributed by atoms with van der Waals surface area (Å²) >= 11 is 0. The zero-order valence-electron chi connectivity index (χ0n) is 12.4. The predicted molar refractivity (Wildman–Crippen MR) is 77.8 cm³/mol. The molecule has 0 spiro atoms. The standard InChI is InChI=1S/C15H20N4O2/c1-3-12(9-15(20)21)10-19-14(16-17-18-19)8-13-6-4-5-11(2)7-13/h4-7,12H,3,8-10H2,1-2H3,(H,20,21). The van der Waals surface area contributed by atoms with Crippen LogP contribution in [0.25, 0.3) is 0 Å². The van der Waals surface area contributed by atoms with Crippen LogP contribution in [0.2, 0.25) is 0 Å². The van der Waals surface area contributed by atoms with Crippen LogP contribution in [0.15, 0.2) is 24.3 Å². The van der Waals surface area contributed by atoms with Gasteiger partial charge in [0, 0.05) is 19.4 Å². The number of aryl methyl sites for hydroxylation is 1. The first kappa shape index (κ1) is 15.2. The molecule has 1 atom stereocenters. The van der Waals surface area contributed by atoms with E-state index in [1.54, 1.807) is 4.68 Å². The van der Waals surface area contributed by atoms with Crippen molar-refractivity contribution < 1.29 is 9.90 Å². The number of hydrogen-bond donors (Lipinski definition) is 1. The van der Waals surface area contributed by atoms with Crippen LogP contribution in [0.5, 0.6) is 0 Å². The number of aromatic nitrogens is 4. The van der Waals surface area contributed by atoms with Crippen LogP contribution < -0.4 is 0 Å². The van der Waals surface area contributed by atoms with Crippen LogP contribution in [-0.2, 0) is 17.8 Å². The maximum Gasteiger partial charge on any atom is 0.303 e. The van der Waals surface area contributed by atoms with E-state index in [4.69, 9.17) is 5.11 Å². The molecule has 1 aromatic heterocycles. The number of carboxylic acid groups (broad SMARTS) is 1. The minimum Gasteiger partial charge on any atom is -0.481 e. The maximum atomic E-state index is 10.8. The molecule has 0 amide bonds. The molecule has 112 valence electrons. The Labute approximate surface area is 123 Å². The van der Waals surface area contributed by atoms with Crippen molar-refractivity contribution in [2.75, 3.05) is 0 Å². The third-order valence-corrected chi connectivity index (χ3v) is 3.52. The van der Waals surface area contributed by atoms with Gasteiger partial charge in [-0.25, -0.2) is 4.68 Å². The number of aliphatic carboxylic acids is 1. The van der Waals surface area contributed by atoms with Crippen molar-refractivity contribution in [2.24, 2.45) is 5.92 Å². The van der Waals surface area contributed by atoms with Gasteiger partial charge >= 0.3 is 5.97 Å². The Balaban J connectivity index is 2.09. The van der Waals surface area contributed by atoms with Crippen molar-refractivity contribution in [1.29, 1.82) is 0 Å². The molecule has 2 aromatic rings. The van der Waals surface area contributed by atoms with Crippen LogP contribution in [0.4, 0.5) is 0 Å². The molecule has 6 heteroatoms. The summed E-state index contributed by atoms with van der Waals surface area (Å²) in [7, 11) is 0. The van der Waals surface area contributed by atoms with E-state index in [1.165, 1.54) is 5.56 Å². The molecule has 1 heterocycles. The van der Waals surface area contributed by atoms with Crippen molar-refractivity contribution in [3.8, 4) is 0 Å². The molecule has 0 aliphatic carbocycles. The van der Waals surface area contributed by atoms with Crippen molar-refractivity contribution in [3.63, 3.8) is 0 Å². The van der Waals surface area contributed by atoms with E-state index >= 15 is 0 Å². The first-order valence-electron chi connectivity index (χ1n) is 7.11. The van der Waals surface area contributed by atoms with E-state index in [-0.39, 0.29) is 12.3 Å². The summed E-state index contributed by atoms with van der Waals surface area (Å²) in [5.41, 5.74) is 2.35. The van der Waals surface area contributed by atoms with E-state index in [2.05, 4.69) is 21.6 Å². The predicted octanol–water partition coefficient (Wildman–Crippen LogP) is 2.07. The Morgan fingerprint density at radius 2 is 2.24 bits per heavy atom. The lowest BCUT2D eigenvalue weighted by Crippen LogP contribution is -2.17. The molecule has 0 bridgehead atoms. The van der Waals surface area contributed by atoms with Crippen LogP contribution in [0.3, 0.4) is 0 Å². The fourth-order valence-corrected chi connectivity index (χ4v) is 2.33. The lowest BCUT2D eigenvalue weighted by Gasteiger charge is -2.13. The number of rotatable bonds is 7. The van der Waals surface area contributed by atoms with Gasteiger partial charge in [-0.3, -0.25) is 4.79 Å². The number of nitrogens with zero attached hydrogens (tertiary/aromatic N) is 4. The summed E-state index contributed by atoms with van der Waals surface area (Å²) in [4.78, 5) is 10.8. The SMILES string of the molecule is CCC(CC(=O)O)Cn1nnnc1Cc1cccc(C)c1. The molecule has 0 aliphatic rings. The van der Waals surface area contributed by atoms with Crippen LogP contribution in [0.1, 0.15) is 36.7 Å². The molecule has 1 unspecified atom stereocenters. The highest BCUT2D eigenvalue weighted by Gasteiger charge is 2.15. The summed E-state index contributed by atoms with van der Waals surface area (Å²) in [6.07, 6.45) is 1.58. The van der Waals surface area contributed by atoms with Gasteiger partial charge < -0.3 is 5.11 Å².